The van der Waals surface area contributed by atoms with Crippen molar-refractivity contribution in [1.82, 2.24) is 5.32 Å². The van der Waals surface area contributed by atoms with Gasteiger partial charge in [-0.3, -0.25) is 9.59 Å². The highest BCUT2D eigenvalue weighted by molar-refractivity contribution is 5.81. The van der Waals surface area contributed by atoms with Crippen molar-refractivity contribution in [3.8, 4) is 0 Å². The van der Waals surface area contributed by atoms with Gasteiger partial charge in [0.25, 0.3) is 0 Å². The first-order valence-electron chi connectivity index (χ1n) is 4.51. The Morgan fingerprint density at radius 1 is 1.11 bits per heavy atom. The topological polar surface area (TPSA) is 66.4 Å². The van der Waals surface area contributed by atoms with Gasteiger partial charge in [-0.05, 0) is 6.92 Å². The summed E-state index contributed by atoms with van der Waals surface area (Å²) in [5, 5.41) is 9.62. The third kappa shape index (κ3) is 5.23. The molecular weight excluding hydrogens is 272 g/mol. The van der Waals surface area contributed by atoms with Crippen LogP contribution in [0, 0.1) is 5.92 Å². The minimum absolute atomic E-state index is 0.784. The van der Waals surface area contributed by atoms with Crippen LogP contribution in [0.25, 0.3) is 0 Å². The number of carbonyl (C=O) groups is 2. The summed E-state index contributed by atoms with van der Waals surface area (Å²) >= 11 is 0. The molecule has 0 radical (unpaired) electrons. The summed E-state index contributed by atoms with van der Waals surface area (Å²) < 4.78 is 72.5. The van der Waals surface area contributed by atoms with Crippen molar-refractivity contribution in [1.29, 1.82) is 0 Å². The fourth-order valence-corrected chi connectivity index (χ4v) is 1.12. The zero-order valence-electron chi connectivity index (χ0n) is 8.89. The number of amides is 1. The molecule has 0 saturated carbocycles. The zero-order chi connectivity index (χ0) is 14.7. The van der Waals surface area contributed by atoms with Crippen LogP contribution in [-0.4, -0.2) is 35.4 Å². The van der Waals surface area contributed by atoms with E-state index in [4.69, 9.17) is 5.11 Å². The molecule has 0 spiro atoms. The smallest absolute Gasteiger partial charge is 0.409 e. The molecule has 0 aromatic heterocycles. The molecule has 2 N–H and O–H groups in total. The lowest BCUT2D eigenvalue weighted by Gasteiger charge is -2.23. The fourth-order valence-electron chi connectivity index (χ4n) is 1.12. The third-order valence-corrected chi connectivity index (χ3v) is 1.79. The van der Waals surface area contributed by atoms with Crippen LogP contribution >= 0.6 is 0 Å². The van der Waals surface area contributed by atoms with Crippen molar-refractivity contribution in [2.75, 3.05) is 0 Å². The number of carboxylic acid groups (broad SMARTS) is 1. The van der Waals surface area contributed by atoms with Gasteiger partial charge in [0.15, 0.2) is 0 Å². The average Bonchev–Trinajstić information content (AvgIpc) is 1.93. The summed E-state index contributed by atoms with van der Waals surface area (Å²) in [4.78, 5) is 21.0. The highest BCUT2D eigenvalue weighted by atomic mass is 19.4. The molecular formula is C8H9F6NO3. The van der Waals surface area contributed by atoms with Crippen molar-refractivity contribution in [2.24, 2.45) is 5.92 Å². The third-order valence-electron chi connectivity index (χ3n) is 1.79. The van der Waals surface area contributed by atoms with Gasteiger partial charge in [-0.1, -0.05) is 0 Å². The summed E-state index contributed by atoms with van der Waals surface area (Å²) in [5.41, 5.74) is 0. The van der Waals surface area contributed by atoms with E-state index in [9.17, 15) is 35.9 Å². The number of carbonyl (C=O) groups excluding carboxylic acids is 1. The molecule has 1 unspecified atom stereocenters. The van der Waals surface area contributed by atoms with Crippen LogP contribution in [0.2, 0.25) is 0 Å². The molecule has 0 rings (SSSR count). The molecule has 0 aromatic rings. The molecule has 0 fully saturated rings. The molecule has 0 aromatic carbocycles. The molecule has 0 aliphatic heterocycles. The number of hydrogen-bond donors (Lipinski definition) is 2. The Morgan fingerprint density at radius 2 is 1.50 bits per heavy atom. The van der Waals surface area contributed by atoms with Gasteiger partial charge in [0, 0.05) is 6.04 Å². The first kappa shape index (κ1) is 16.5. The van der Waals surface area contributed by atoms with Crippen LogP contribution < -0.4 is 5.32 Å². The van der Waals surface area contributed by atoms with Gasteiger partial charge in [-0.2, -0.15) is 26.3 Å². The van der Waals surface area contributed by atoms with E-state index in [1.54, 1.807) is 0 Å². The van der Waals surface area contributed by atoms with E-state index in [0.717, 1.165) is 6.92 Å². The number of nitrogens with one attached hydrogen (secondary N) is 1. The average molecular weight is 281 g/mol. The predicted molar refractivity (Wildman–Crippen MR) is 45.5 cm³/mol. The Bertz CT molecular complexity index is 310. The number of alkyl halides is 6. The lowest BCUT2D eigenvalue weighted by atomic mass is 10.1. The molecule has 0 saturated heterocycles. The van der Waals surface area contributed by atoms with Crippen LogP contribution in [0.3, 0.4) is 0 Å². The maximum absolute atomic E-state index is 12.1. The van der Waals surface area contributed by atoms with E-state index in [2.05, 4.69) is 0 Å². The number of halogens is 6. The largest absolute Gasteiger partial charge is 0.481 e. The Kier molecular flexibility index (Phi) is 4.99. The van der Waals surface area contributed by atoms with Crippen LogP contribution in [0.15, 0.2) is 0 Å². The second-order valence-electron chi connectivity index (χ2n) is 3.52. The van der Waals surface area contributed by atoms with Gasteiger partial charge in [0.05, 0.1) is 6.42 Å². The number of hydrogen-bond acceptors (Lipinski definition) is 2. The van der Waals surface area contributed by atoms with Gasteiger partial charge < -0.3 is 10.4 Å². The number of rotatable bonds is 4. The minimum Gasteiger partial charge on any atom is -0.481 e. The van der Waals surface area contributed by atoms with E-state index in [-0.39, 0.29) is 0 Å². The maximum atomic E-state index is 12.1. The van der Waals surface area contributed by atoms with Crippen molar-refractivity contribution < 1.29 is 41.0 Å². The fraction of sp³-hybridized carbons (Fsp3) is 0.750. The summed E-state index contributed by atoms with van der Waals surface area (Å²) in [5.74, 6) is -7.94. The van der Waals surface area contributed by atoms with E-state index in [1.165, 1.54) is 5.32 Å². The van der Waals surface area contributed by atoms with E-state index >= 15 is 0 Å². The highest BCUT2D eigenvalue weighted by Crippen LogP contribution is 2.39. The lowest BCUT2D eigenvalue weighted by Crippen LogP contribution is -2.50. The van der Waals surface area contributed by atoms with E-state index < -0.39 is 42.6 Å². The molecule has 0 bridgehead atoms. The van der Waals surface area contributed by atoms with Gasteiger partial charge in [0.2, 0.25) is 11.8 Å². The molecule has 4 nitrogen and oxygen atoms in total. The molecule has 18 heavy (non-hydrogen) atoms. The van der Waals surface area contributed by atoms with Gasteiger partial charge in [0.1, 0.15) is 0 Å². The van der Waals surface area contributed by atoms with Crippen molar-refractivity contribution >= 4 is 11.9 Å². The molecule has 10 heteroatoms. The molecule has 1 atom stereocenters. The Hall–Kier alpha value is -1.48. The lowest BCUT2D eigenvalue weighted by molar-refractivity contribution is -0.274. The number of aliphatic carboxylic acids is 1. The molecule has 0 aliphatic rings. The first-order chi connectivity index (χ1) is 7.85. The van der Waals surface area contributed by atoms with Gasteiger partial charge in [-0.25, -0.2) is 0 Å². The van der Waals surface area contributed by atoms with Crippen molar-refractivity contribution in [2.45, 2.75) is 31.7 Å². The Balaban J connectivity index is 4.85. The normalized spacial score (nSPS) is 14.4. The zero-order valence-corrected chi connectivity index (χ0v) is 8.89. The first-order valence-corrected chi connectivity index (χ1v) is 4.51. The van der Waals surface area contributed by atoms with Crippen LogP contribution in [0.1, 0.15) is 13.3 Å². The summed E-state index contributed by atoms with van der Waals surface area (Å²) in [7, 11) is 0. The van der Waals surface area contributed by atoms with Crippen molar-refractivity contribution in [3.63, 3.8) is 0 Å². The summed E-state index contributed by atoms with van der Waals surface area (Å²) in [6.45, 7) is 0.982. The second-order valence-corrected chi connectivity index (χ2v) is 3.52. The SMILES string of the molecule is CC(CC(=O)O)NC(=O)C(C(F)(F)F)C(F)(F)F. The van der Waals surface area contributed by atoms with Crippen LogP contribution in [-0.2, 0) is 9.59 Å². The highest BCUT2D eigenvalue weighted by Gasteiger charge is 2.61. The van der Waals surface area contributed by atoms with Crippen molar-refractivity contribution in [3.05, 3.63) is 0 Å². The maximum Gasteiger partial charge on any atom is 0.409 e. The minimum atomic E-state index is -5.79. The molecule has 106 valence electrons. The second kappa shape index (κ2) is 5.44. The van der Waals surface area contributed by atoms with E-state index in [1.807, 2.05) is 0 Å². The van der Waals surface area contributed by atoms with Crippen LogP contribution in [0.4, 0.5) is 26.3 Å². The molecule has 0 heterocycles. The Labute approximate surface area is 97.0 Å². The van der Waals surface area contributed by atoms with E-state index in [0.29, 0.717) is 0 Å². The standard InChI is InChI=1S/C8H9F6NO3/c1-3(2-4(16)17)15-6(18)5(7(9,10)11)8(12,13)14/h3,5H,2H2,1H3,(H,15,18)(H,16,17). The quantitative estimate of drug-likeness (QED) is 0.771. The van der Waals surface area contributed by atoms with Gasteiger partial charge >= 0.3 is 18.3 Å². The number of carboxylic acids is 1. The summed E-state index contributed by atoms with van der Waals surface area (Å²) in [6.07, 6.45) is -12.4. The molecule has 1 amide bonds. The Morgan fingerprint density at radius 3 is 1.78 bits per heavy atom. The van der Waals surface area contributed by atoms with Crippen LogP contribution in [0.5, 0.6) is 0 Å². The van der Waals surface area contributed by atoms with Gasteiger partial charge in [-0.15, -0.1) is 0 Å². The summed E-state index contributed by atoms with van der Waals surface area (Å²) in [6, 6.07) is -1.35. The molecule has 0 aliphatic carbocycles. The predicted octanol–water partition coefficient (Wildman–Crippen LogP) is 1.71. The monoisotopic (exact) mass is 281 g/mol.